The van der Waals surface area contributed by atoms with Crippen LogP contribution in [-0.4, -0.2) is 13.0 Å². The van der Waals surface area contributed by atoms with Crippen LogP contribution in [0, 0.1) is 6.07 Å². The second-order valence-electron chi connectivity index (χ2n) is 3.25. The molecule has 0 aliphatic heterocycles. The van der Waals surface area contributed by atoms with Crippen molar-refractivity contribution < 1.29 is 13.0 Å². The summed E-state index contributed by atoms with van der Waals surface area (Å²) in [6, 6.07) is 16.2. The van der Waals surface area contributed by atoms with Crippen LogP contribution >= 0.6 is 0 Å². The second kappa shape index (κ2) is 4.08. The van der Waals surface area contributed by atoms with Gasteiger partial charge in [-0.2, -0.15) is 8.42 Å². The van der Waals surface area contributed by atoms with Gasteiger partial charge in [-0.05, 0) is 17.7 Å². The fourth-order valence-corrected chi connectivity index (χ4v) is 2.18. The van der Waals surface area contributed by atoms with Gasteiger partial charge in [-0.15, -0.1) is 0 Å². The minimum absolute atomic E-state index is 0.0996. The normalized spacial score (nSPS) is 11.3. The molecule has 0 aromatic heterocycles. The van der Waals surface area contributed by atoms with Crippen LogP contribution in [0.2, 0.25) is 0 Å². The molecule has 0 spiro atoms. The lowest BCUT2D eigenvalue weighted by molar-refractivity contribution is 0.483. The molecule has 16 heavy (non-hydrogen) atoms. The Morgan fingerprint density at radius 2 is 1.69 bits per heavy atom. The second-order valence-corrected chi connectivity index (χ2v) is 4.64. The molecule has 1 N–H and O–H groups in total. The van der Waals surface area contributed by atoms with Crippen LogP contribution < -0.4 is 0 Å². The van der Waals surface area contributed by atoms with Gasteiger partial charge in [-0.3, -0.25) is 4.55 Å². The van der Waals surface area contributed by atoms with E-state index in [2.05, 4.69) is 6.07 Å². The molecule has 0 aliphatic rings. The highest BCUT2D eigenvalue weighted by molar-refractivity contribution is 7.86. The molecule has 0 saturated carbocycles. The quantitative estimate of drug-likeness (QED) is 0.810. The molecule has 0 aliphatic carbocycles. The zero-order valence-electron chi connectivity index (χ0n) is 8.29. The van der Waals surface area contributed by atoms with Crippen LogP contribution in [0.4, 0.5) is 0 Å². The molecular weight excluding hydrogens is 224 g/mol. The first-order chi connectivity index (χ1) is 7.59. The van der Waals surface area contributed by atoms with E-state index in [0.29, 0.717) is 11.1 Å². The number of hydrogen-bond donors (Lipinski definition) is 1. The highest BCUT2D eigenvalue weighted by Gasteiger charge is 2.15. The zero-order chi connectivity index (χ0) is 11.6. The summed E-state index contributed by atoms with van der Waals surface area (Å²) in [6.07, 6.45) is 0. The van der Waals surface area contributed by atoms with Crippen molar-refractivity contribution in [3.63, 3.8) is 0 Å². The molecule has 2 rings (SSSR count). The Bertz CT molecular complexity index is 589. The van der Waals surface area contributed by atoms with Crippen molar-refractivity contribution in [1.82, 2.24) is 0 Å². The first-order valence-corrected chi connectivity index (χ1v) is 6.06. The van der Waals surface area contributed by atoms with Gasteiger partial charge in [0.15, 0.2) is 0 Å². The maximum Gasteiger partial charge on any atom is 0.295 e. The Hall–Kier alpha value is -1.65. The molecular formula is C12H9O3S. The highest BCUT2D eigenvalue weighted by Crippen LogP contribution is 2.26. The van der Waals surface area contributed by atoms with Crippen molar-refractivity contribution >= 4 is 10.1 Å². The van der Waals surface area contributed by atoms with E-state index in [1.54, 1.807) is 42.5 Å². The van der Waals surface area contributed by atoms with Crippen molar-refractivity contribution in [1.29, 1.82) is 0 Å². The molecule has 0 unspecified atom stereocenters. The van der Waals surface area contributed by atoms with E-state index in [1.165, 1.54) is 6.07 Å². The third-order valence-corrected chi connectivity index (χ3v) is 3.08. The minimum atomic E-state index is -4.20. The topological polar surface area (TPSA) is 54.4 Å². The zero-order valence-corrected chi connectivity index (χ0v) is 9.11. The standard InChI is InChI=1S/C12H9O3S/c13-16(14,15)12-9-5-4-8-11(12)10-6-2-1-3-7-10/h1-6,8-9H,(H,13,14,15). The van der Waals surface area contributed by atoms with Gasteiger partial charge < -0.3 is 0 Å². The van der Waals surface area contributed by atoms with Gasteiger partial charge in [-0.25, -0.2) is 0 Å². The minimum Gasteiger partial charge on any atom is -0.282 e. The summed E-state index contributed by atoms with van der Waals surface area (Å²) in [5.41, 5.74) is 1.08. The molecule has 1 radical (unpaired) electrons. The highest BCUT2D eigenvalue weighted by atomic mass is 32.2. The Morgan fingerprint density at radius 1 is 1.00 bits per heavy atom. The average molecular weight is 233 g/mol. The van der Waals surface area contributed by atoms with Crippen LogP contribution in [0.15, 0.2) is 53.4 Å². The smallest absolute Gasteiger partial charge is 0.282 e. The van der Waals surface area contributed by atoms with Gasteiger partial charge in [0, 0.05) is 5.56 Å². The van der Waals surface area contributed by atoms with E-state index in [0.717, 1.165) is 0 Å². The van der Waals surface area contributed by atoms with Gasteiger partial charge in [-0.1, -0.05) is 42.5 Å². The van der Waals surface area contributed by atoms with Crippen molar-refractivity contribution in [2.24, 2.45) is 0 Å². The molecule has 3 nitrogen and oxygen atoms in total. The monoisotopic (exact) mass is 233 g/mol. The van der Waals surface area contributed by atoms with E-state index < -0.39 is 10.1 Å². The number of hydrogen-bond acceptors (Lipinski definition) is 2. The van der Waals surface area contributed by atoms with Gasteiger partial charge in [0.05, 0.1) is 0 Å². The first-order valence-electron chi connectivity index (χ1n) is 4.62. The average Bonchev–Trinajstić information content (AvgIpc) is 2.29. The third kappa shape index (κ3) is 2.13. The summed E-state index contributed by atoms with van der Waals surface area (Å²) in [4.78, 5) is -0.0996. The van der Waals surface area contributed by atoms with E-state index in [4.69, 9.17) is 4.55 Å². The lowest BCUT2D eigenvalue weighted by atomic mass is 10.1. The summed E-state index contributed by atoms with van der Waals surface area (Å²) in [6.45, 7) is 0. The van der Waals surface area contributed by atoms with E-state index >= 15 is 0 Å². The summed E-state index contributed by atoms with van der Waals surface area (Å²) >= 11 is 0. The predicted molar refractivity (Wildman–Crippen MR) is 60.5 cm³/mol. The molecule has 81 valence electrons. The van der Waals surface area contributed by atoms with E-state index in [9.17, 15) is 8.42 Å². The van der Waals surface area contributed by atoms with Crippen molar-refractivity contribution in [2.45, 2.75) is 4.90 Å². The summed E-state index contributed by atoms with van der Waals surface area (Å²) in [7, 11) is -4.20. The predicted octanol–water partition coefficient (Wildman–Crippen LogP) is 2.40. The fourth-order valence-electron chi connectivity index (χ4n) is 1.47. The van der Waals surface area contributed by atoms with Crippen LogP contribution in [0.1, 0.15) is 0 Å². The lowest BCUT2D eigenvalue weighted by Gasteiger charge is -2.05. The van der Waals surface area contributed by atoms with Gasteiger partial charge in [0.2, 0.25) is 0 Å². The summed E-state index contributed by atoms with van der Waals surface area (Å²) in [5.74, 6) is 0. The Morgan fingerprint density at radius 3 is 2.31 bits per heavy atom. The number of benzene rings is 2. The molecule has 0 atom stereocenters. The molecule has 2 aromatic carbocycles. The third-order valence-electron chi connectivity index (χ3n) is 2.16. The van der Waals surface area contributed by atoms with Crippen molar-refractivity contribution in [3.05, 3.63) is 54.6 Å². The maximum atomic E-state index is 11.2. The van der Waals surface area contributed by atoms with Crippen LogP contribution in [0.25, 0.3) is 11.1 Å². The lowest BCUT2D eigenvalue weighted by Crippen LogP contribution is -2.00. The molecule has 0 bridgehead atoms. The van der Waals surface area contributed by atoms with Crippen LogP contribution in [0.5, 0.6) is 0 Å². The molecule has 2 aromatic rings. The van der Waals surface area contributed by atoms with Gasteiger partial charge >= 0.3 is 0 Å². The fraction of sp³-hybridized carbons (Fsp3) is 0. The van der Waals surface area contributed by atoms with Gasteiger partial charge in [0.1, 0.15) is 4.90 Å². The number of rotatable bonds is 2. The maximum absolute atomic E-state index is 11.2. The van der Waals surface area contributed by atoms with Crippen molar-refractivity contribution in [2.75, 3.05) is 0 Å². The van der Waals surface area contributed by atoms with Gasteiger partial charge in [0.25, 0.3) is 10.1 Å². The molecule has 4 heteroatoms. The first kappa shape index (κ1) is 10.9. The summed E-state index contributed by atoms with van der Waals surface area (Å²) in [5, 5.41) is 0. The van der Waals surface area contributed by atoms with Crippen LogP contribution in [-0.2, 0) is 10.1 Å². The SMILES string of the molecule is O=S(=O)(O)c1ccccc1-c1[c]cccc1. The Balaban J connectivity index is 2.68. The van der Waals surface area contributed by atoms with Crippen LogP contribution in [0.3, 0.4) is 0 Å². The molecule has 0 saturated heterocycles. The summed E-state index contributed by atoms with van der Waals surface area (Å²) < 4.78 is 31.4. The molecule has 0 fully saturated rings. The van der Waals surface area contributed by atoms with E-state index in [1.807, 2.05) is 0 Å². The Kier molecular flexibility index (Phi) is 2.77. The molecule has 0 heterocycles. The van der Waals surface area contributed by atoms with Crippen molar-refractivity contribution in [3.8, 4) is 11.1 Å². The largest absolute Gasteiger partial charge is 0.295 e. The Labute approximate surface area is 94.1 Å². The molecule has 0 amide bonds. The van der Waals surface area contributed by atoms with E-state index in [-0.39, 0.29) is 4.90 Å².